The van der Waals surface area contributed by atoms with Crippen LogP contribution in [0.5, 0.6) is 11.5 Å². The number of hydrogen-bond acceptors (Lipinski definition) is 5. The molecule has 0 bridgehead atoms. The minimum Gasteiger partial charge on any atom is -0.497 e. The molecule has 0 unspecified atom stereocenters. The number of amides is 1. The summed E-state index contributed by atoms with van der Waals surface area (Å²) < 4.78 is 17.6. The molecule has 0 radical (unpaired) electrons. The predicted octanol–water partition coefficient (Wildman–Crippen LogP) is 4.40. The summed E-state index contributed by atoms with van der Waals surface area (Å²) >= 11 is 0. The van der Waals surface area contributed by atoms with Crippen molar-refractivity contribution in [2.75, 3.05) is 19.5 Å². The third kappa shape index (κ3) is 3.70. The van der Waals surface area contributed by atoms with Gasteiger partial charge in [0.2, 0.25) is 0 Å². The third-order valence-electron chi connectivity index (χ3n) is 4.37. The highest BCUT2D eigenvalue weighted by atomic mass is 16.5. The van der Waals surface area contributed by atoms with Crippen LogP contribution >= 0.6 is 0 Å². The molecular formula is C22H19N3O4. The Morgan fingerprint density at radius 2 is 1.83 bits per heavy atom. The summed E-state index contributed by atoms with van der Waals surface area (Å²) in [6.07, 6.45) is 1.57. The van der Waals surface area contributed by atoms with Gasteiger partial charge >= 0.3 is 0 Å². The molecule has 29 heavy (non-hydrogen) atoms. The molecule has 0 saturated heterocycles. The number of furan rings is 1. The van der Waals surface area contributed by atoms with Crippen molar-refractivity contribution in [3.63, 3.8) is 0 Å². The van der Waals surface area contributed by atoms with Gasteiger partial charge in [-0.05, 0) is 36.4 Å². The lowest BCUT2D eigenvalue weighted by molar-refractivity contribution is 0.101. The van der Waals surface area contributed by atoms with E-state index < -0.39 is 0 Å². The Bertz CT molecular complexity index is 1120. The third-order valence-corrected chi connectivity index (χ3v) is 4.37. The first-order chi connectivity index (χ1) is 14.2. The molecule has 2 aromatic heterocycles. The van der Waals surface area contributed by atoms with Crippen LogP contribution in [0.1, 0.15) is 10.5 Å². The number of rotatable bonds is 6. The molecule has 0 spiro atoms. The van der Waals surface area contributed by atoms with Gasteiger partial charge in [-0.15, -0.1) is 0 Å². The number of nitrogens with one attached hydrogen (secondary N) is 1. The highest BCUT2D eigenvalue weighted by Crippen LogP contribution is 2.30. The summed E-state index contributed by atoms with van der Waals surface area (Å²) in [6.45, 7) is 0. The average molecular weight is 389 g/mol. The molecule has 0 aliphatic heterocycles. The number of carbonyl (C=O) groups is 1. The first-order valence-electron chi connectivity index (χ1n) is 8.92. The molecule has 1 N–H and O–H groups in total. The number of nitrogens with zero attached hydrogens (tertiary/aromatic N) is 2. The Labute approximate surface area is 167 Å². The fraction of sp³-hybridized carbons (Fsp3) is 0.0909. The molecule has 7 heteroatoms. The van der Waals surface area contributed by atoms with E-state index in [0.29, 0.717) is 34.3 Å². The quantitative estimate of drug-likeness (QED) is 0.529. The van der Waals surface area contributed by atoms with E-state index in [1.807, 2.05) is 30.3 Å². The van der Waals surface area contributed by atoms with Crippen LogP contribution < -0.4 is 14.8 Å². The fourth-order valence-corrected chi connectivity index (χ4v) is 2.95. The van der Waals surface area contributed by atoms with Gasteiger partial charge in [0, 0.05) is 12.1 Å². The lowest BCUT2D eigenvalue weighted by Crippen LogP contribution is -2.17. The Morgan fingerprint density at radius 1 is 1.00 bits per heavy atom. The molecule has 2 heterocycles. The lowest BCUT2D eigenvalue weighted by atomic mass is 10.2. The van der Waals surface area contributed by atoms with Crippen LogP contribution in [0.2, 0.25) is 0 Å². The second-order valence-corrected chi connectivity index (χ2v) is 6.16. The molecule has 0 fully saturated rings. The SMILES string of the molecule is COc1ccc(OC)c(NC(=O)c2cc(-c3ccco3)nn2-c2ccccc2)c1. The molecule has 0 atom stereocenters. The van der Waals surface area contributed by atoms with E-state index >= 15 is 0 Å². The number of aromatic nitrogens is 2. The molecule has 4 aromatic rings. The van der Waals surface area contributed by atoms with Crippen LogP contribution in [0.25, 0.3) is 17.1 Å². The van der Waals surface area contributed by atoms with Gasteiger partial charge in [0.1, 0.15) is 22.9 Å². The second kappa shape index (κ2) is 7.93. The summed E-state index contributed by atoms with van der Waals surface area (Å²) in [5.41, 5.74) is 2.17. The van der Waals surface area contributed by atoms with Crippen molar-refractivity contribution < 1.29 is 18.7 Å². The minimum absolute atomic E-state index is 0.342. The van der Waals surface area contributed by atoms with Gasteiger partial charge in [-0.3, -0.25) is 4.79 Å². The molecular weight excluding hydrogens is 370 g/mol. The average Bonchev–Trinajstić information content (AvgIpc) is 3.44. The van der Waals surface area contributed by atoms with Crippen molar-refractivity contribution in [2.45, 2.75) is 0 Å². The fourth-order valence-electron chi connectivity index (χ4n) is 2.95. The Hall–Kier alpha value is -4.00. The Kier molecular flexibility index (Phi) is 5.03. The first kappa shape index (κ1) is 18.4. The largest absolute Gasteiger partial charge is 0.497 e. The molecule has 0 aliphatic carbocycles. The zero-order valence-electron chi connectivity index (χ0n) is 16.0. The molecule has 0 aliphatic rings. The van der Waals surface area contributed by atoms with E-state index in [9.17, 15) is 4.79 Å². The summed E-state index contributed by atoms with van der Waals surface area (Å²) in [5.74, 6) is 1.36. The standard InChI is InChI=1S/C22H19N3O4/c1-27-16-10-11-20(28-2)17(13-16)23-22(26)19-14-18(21-9-6-12-29-21)24-25(19)15-7-4-3-5-8-15/h3-14H,1-2H3,(H,23,26). The predicted molar refractivity (Wildman–Crippen MR) is 109 cm³/mol. The topological polar surface area (TPSA) is 78.5 Å². The molecule has 2 aromatic carbocycles. The number of carbonyl (C=O) groups excluding carboxylic acids is 1. The normalized spacial score (nSPS) is 10.6. The van der Waals surface area contributed by atoms with Gasteiger partial charge in [0.25, 0.3) is 5.91 Å². The lowest BCUT2D eigenvalue weighted by Gasteiger charge is -2.12. The zero-order valence-corrected chi connectivity index (χ0v) is 16.0. The number of para-hydroxylation sites is 1. The van der Waals surface area contributed by atoms with Crippen LogP contribution in [0.15, 0.2) is 77.4 Å². The van der Waals surface area contributed by atoms with E-state index in [-0.39, 0.29) is 5.91 Å². The van der Waals surface area contributed by atoms with Gasteiger partial charge in [0.15, 0.2) is 5.76 Å². The minimum atomic E-state index is -0.342. The molecule has 7 nitrogen and oxygen atoms in total. The van der Waals surface area contributed by atoms with Crippen molar-refractivity contribution in [3.05, 3.63) is 78.7 Å². The van der Waals surface area contributed by atoms with Crippen molar-refractivity contribution in [1.29, 1.82) is 0 Å². The van der Waals surface area contributed by atoms with Crippen molar-refractivity contribution in [1.82, 2.24) is 9.78 Å². The number of hydrogen-bond donors (Lipinski definition) is 1. The van der Waals surface area contributed by atoms with Gasteiger partial charge in [-0.2, -0.15) is 5.10 Å². The van der Waals surface area contributed by atoms with E-state index in [2.05, 4.69) is 10.4 Å². The number of methoxy groups -OCH3 is 2. The summed E-state index contributed by atoms with van der Waals surface area (Å²) in [5, 5.41) is 7.45. The number of anilines is 1. The number of ether oxygens (including phenoxy) is 2. The number of benzene rings is 2. The first-order valence-corrected chi connectivity index (χ1v) is 8.92. The van der Waals surface area contributed by atoms with Crippen LogP contribution in [-0.4, -0.2) is 29.9 Å². The monoisotopic (exact) mass is 389 g/mol. The van der Waals surface area contributed by atoms with E-state index in [4.69, 9.17) is 13.9 Å². The second-order valence-electron chi connectivity index (χ2n) is 6.16. The van der Waals surface area contributed by atoms with Gasteiger partial charge in [-0.25, -0.2) is 4.68 Å². The molecule has 4 rings (SSSR count). The van der Waals surface area contributed by atoms with E-state index in [0.717, 1.165) is 5.69 Å². The highest BCUT2D eigenvalue weighted by molar-refractivity contribution is 6.05. The summed E-state index contributed by atoms with van der Waals surface area (Å²) in [4.78, 5) is 13.2. The van der Waals surface area contributed by atoms with Crippen LogP contribution in [0.4, 0.5) is 5.69 Å². The smallest absolute Gasteiger partial charge is 0.274 e. The molecule has 146 valence electrons. The summed E-state index contributed by atoms with van der Waals surface area (Å²) in [7, 11) is 3.11. The molecule has 0 saturated carbocycles. The van der Waals surface area contributed by atoms with E-state index in [1.165, 1.54) is 0 Å². The highest BCUT2D eigenvalue weighted by Gasteiger charge is 2.20. The summed E-state index contributed by atoms with van der Waals surface area (Å²) in [6, 6.07) is 19.9. The Balaban J connectivity index is 1.75. The van der Waals surface area contributed by atoms with Gasteiger partial charge < -0.3 is 19.2 Å². The van der Waals surface area contributed by atoms with Crippen molar-refractivity contribution in [3.8, 4) is 28.6 Å². The maximum absolute atomic E-state index is 13.2. The van der Waals surface area contributed by atoms with Crippen LogP contribution in [-0.2, 0) is 0 Å². The maximum atomic E-state index is 13.2. The van der Waals surface area contributed by atoms with E-state index in [1.54, 1.807) is 61.6 Å². The zero-order chi connectivity index (χ0) is 20.2. The van der Waals surface area contributed by atoms with Crippen molar-refractivity contribution in [2.24, 2.45) is 0 Å². The van der Waals surface area contributed by atoms with Crippen LogP contribution in [0.3, 0.4) is 0 Å². The van der Waals surface area contributed by atoms with Crippen molar-refractivity contribution >= 4 is 11.6 Å². The van der Waals surface area contributed by atoms with Gasteiger partial charge in [0.05, 0.1) is 31.9 Å². The van der Waals surface area contributed by atoms with Crippen LogP contribution in [0, 0.1) is 0 Å². The van der Waals surface area contributed by atoms with Gasteiger partial charge in [-0.1, -0.05) is 18.2 Å². The maximum Gasteiger partial charge on any atom is 0.274 e. The molecule has 1 amide bonds. The Morgan fingerprint density at radius 3 is 2.52 bits per heavy atom.